The SMILES string of the molecule is CCOC(=O)NS(=O)(=O)N1CCCC(CC)(C(=O)O)C1. The van der Waals surface area contributed by atoms with Gasteiger partial charge in [0.15, 0.2) is 0 Å². The summed E-state index contributed by atoms with van der Waals surface area (Å²) in [5.41, 5.74) is -1.10. The summed E-state index contributed by atoms with van der Waals surface area (Å²) in [7, 11) is -4.07. The van der Waals surface area contributed by atoms with Crippen LogP contribution in [-0.2, 0) is 19.7 Å². The van der Waals surface area contributed by atoms with Gasteiger partial charge < -0.3 is 9.84 Å². The minimum atomic E-state index is -4.07. The molecule has 0 spiro atoms. The summed E-state index contributed by atoms with van der Waals surface area (Å²) in [5, 5.41) is 9.30. The molecule has 1 rings (SSSR count). The van der Waals surface area contributed by atoms with Gasteiger partial charge in [0.25, 0.3) is 0 Å². The van der Waals surface area contributed by atoms with Crippen molar-refractivity contribution in [1.29, 1.82) is 0 Å². The second-order valence-electron chi connectivity index (χ2n) is 4.70. The molecule has 1 atom stereocenters. The van der Waals surface area contributed by atoms with Crippen molar-refractivity contribution in [1.82, 2.24) is 9.03 Å². The van der Waals surface area contributed by atoms with E-state index in [1.54, 1.807) is 18.6 Å². The van der Waals surface area contributed by atoms with E-state index in [1.807, 2.05) is 0 Å². The second kappa shape index (κ2) is 6.40. The van der Waals surface area contributed by atoms with Gasteiger partial charge in [-0.05, 0) is 26.2 Å². The van der Waals surface area contributed by atoms with E-state index in [4.69, 9.17) is 0 Å². The molecule has 0 aromatic rings. The molecule has 1 fully saturated rings. The number of carboxylic acid groups (broad SMARTS) is 1. The van der Waals surface area contributed by atoms with E-state index < -0.39 is 27.7 Å². The Balaban J connectivity index is 2.85. The molecular weight excluding hydrogens is 288 g/mol. The number of hydrogen-bond donors (Lipinski definition) is 2. The highest BCUT2D eigenvalue weighted by molar-refractivity contribution is 7.87. The number of carbonyl (C=O) groups is 2. The number of aliphatic carboxylic acids is 1. The molecule has 1 aliphatic heterocycles. The van der Waals surface area contributed by atoms with Crippen molar-refractivity contribution >= 4 is 22.3 Å². The summed E-state index contributed by atoms with van der Waals surface area (Å²) in [4.78, 5) is 22.6. The van der Waals surface area contributed by atoms with Crippen LogP contribution in [-0.4, -0.2) is 49.6 Å². The predicted octanol–water partition coefficient (Wildman–Crippen LogP) is 0.554. The minimum absolute atomic E-state index is 0.0510. The van der Waals surface area contributed by atoms with Crippen molar-refractivity contribution in [3.05, 3.63) is 0 Å². The summed E-state index contributed by atoms with van der Waals surface area (Å²) in [5.74, 6) is -1.02. The van der Waals surface area contributed by atoms with Crippen molar-refractivity contribution in [2.45, 2.75) is 33.1 Å². The summed E-state index contributed by atoms with van der Waals surface area (Å²) < 4.78 is 31.3. The molecule has 1 aliphatic rings. The lowest BCUT2D eigenvalue weighted by molar-refractivity contribution is -0.151. The van der Waals surface area contributed by atoms with Crippen LogP contribution in [0.25, 0.3) is 0 Å². The first kappa shape index (κ1) is 16.7. The van der Waals surface area contributed by atoms with Crippen LogP contribution >= 0.6 is 0 Å². The molecule has 1 saturated heterocycles. The molecule has 0 aromatic carbocycles. The quantitative estimate of drug-likeness (QED) is 0.767. The Morgan fingerprint density at radius 1 is 1.40 bits per heavy atom. The van der Waals surface area contributed by atoms with Gasteiger partial charge in [-0.2, -0.15) is 12.7 Å². The average Bonchev–Trinajstić information content (AvgIpc) is 2.38. The predicted molar refractivity (Wildman–Crippen MR) is 70.2 cm³/mol. The maximum Gasteiger partial charge on any atom is 0.421 e. The smallest absolute Gasteiger partial charge is 0.421 e. The Kier molecular flexibility index (Phi) is 5.35. The number of carboxylic acids is 1. The van der Waals surface area contributed by atoms with E-state index in [9.17, 15) is 23.1 Å². The number of ether oxygens (including phenoxy) is 1. The van der Waals surface area contributed by atoms with Gasteiger partial charge >= 0.3 is 22.3 Å². The standard InChI is InChI=1S/C11H20N2O6S/c1-3-11(9(14)15)6-5-7-13(8-11)20(17,18)12-10(16)19-4-2/h3-8H2,1-2H3,(H,12,16)(H,14,15). The van der Waals surface area contributed by atoms with Gasteiger partial charge in [0, 0.05) is 13.1 Å². The number of piperidine rings is 1. The normalized spacial score (nSPS) is 24.1. The fourth-order valence-corrected chi connectivity index (χ4v) is 3.42. The van der Waals surface area contributed by atoms with Crippen molar-refractivity contribution in [2.75, 3.05) is 19.7 Å². The van der Waals surface area contributed by atoms with Crippen LogP contribution in [0.15, 0.2) is 0 Å². The highest BCUT2D eigenvalue weighted by atomic mass is 32.2. The van der Waals surface area contributed by atoms with Gasteiger partial charge in [-0.3, -0.25) is 4.79 Å². The highest BCUT2D eigenvalue weighted by Crippen LogP contribution is 2.34. The third-order valence-electron chi connectivity index (χ3n) is 3.50. The number of nitrogens with zero attached hydrogens (tertiary/aromatic N) is 1. The molecule has 0 bridgehead atoms. The first-order valence-corrected chi connectivity index (χ1v) is 7.89. The molecule has 2 N–H and O–H groups in total. The van der Waals surface area contributed by atoms with Gasteiger partial charge in [-0.25, -0.2) is 9.52 Å². The summed E-state index contributed by atoms with van der Waals surface area (Å²) in [6.45, 7) is 3.36. The van der Waals surface area contributed by atoms with Crippen molar-refractivity contribution < 1.29 is 27.9 Å². The average molecular weight is 308 g/mol. The molecule has 0 aliphatic carbocycles. The van der Waals surface area contributed by atoms with Gasteiger partial charge in [0.05, 0.1) is 12.0 Å². The molecule has 1 amide bonds. The first-order valence-electron chi connectivity index (χ1n) is 6.45. The van der Waals surface area contributed by atoms with Gasteiger partial charge in [0.2, 0.25) is 0 Å². The molecule has 9 heteroatoms. The van der Waals surface area contributed by atoms with Crippen molar-refractivity contribution in [3.8, 4) is 0 Å². The maximum atomic E-state index is 12.0. The third-order valence-corrected chi connectivity index (χ3v) is 4.92. The molecular formula is C11H20N2O6S. The summed E-state index contributed by atoms with van der Waals surface area (Å²) in [6, 6.07) is 0. The van der Waals surface area contributed by atoms with Crippen LogP contribution in [0.2, 0.25) is 0 Å². The summed E-state index contributed by atoms with van der Waals surface area (Å²) in [6.07, 6.45) is 0.123. The fraction of sp³-hybridized carbons (Fsp3) is 0.818. The van der Waals surface area contributed by atoms with Crippen LogP contribution in [0.1, 0.15) is 33.1 Å². The van der Waals surface area contributed by atoms with Crippen LogP contribution < -0.4 is 4.72 Å². The fourth-order valence-electron chi connectivity index (χ4n) is 2.24. The van der Waals surface area contributed by atoms with Crippen molar-refractivity contribution in [3.63, 3.8) is 0 Å². The topological polar surface area (TPSA) is 113 Å². The van der Waals surface area contributed by atoms with Crippen LogP contribution in [0.3, 0.4) is 0 Å². The molecule has 116 valence electrons. The second-order valence-corrected chi connectivity index (χ2v) is 6.37. The first-order chi connectivity index (χ1) is 9.27. The minimum Gasteiger partial charge on any atom is -0.481 e. The molecule has 0 saturated carbocycles. The number of hydrogen-bond acceptors (Lipinski definition) is 5. The van der Waals surface area contributed by atoms with E-state index in [0.717, 1.165) is 4.31 Å². The van der Waals surface area contributed by atoms with Crippen LogP contribution in [0, 0.1) is 5.41 Å². The third kappa shape index (κ3) is 3.60. The molecule has 20 heavy (non-hydrogen) atoms. The summed E-state index contributed by atoms with van der Waals surface area (Å²) >= 11 is 0. The molecule has 0 aromatic heterocycles. The Hall–Kier alpha value is -1.35. The van der Waals surface area contributed by atoms with E-state index in [2.05, 4.69) is 4.74 Å². The molecule has 0 radical (unpaired) electrons. The lowest BCUT2D eigenvalue weighted by Crippen LogP contribution is -2.53. The number of amides is 1. The zero-order valence-electron chi connectivity index (χ0n) is 11.6. The zero-order chi connectivity index (χ0) is 15.4. The van der Waals surface area contributed by atoms with Crippen LogP contribution in [0.5, 0.6) is 0 Å². The molecule has 8 nitrogen and oxygen atoms in total. The van der Waals surface area contributed by atoms with E-state index in [-0.39, 0.29) is 19.7 Å². The molecule has 1 unspecified atom stereocenters. The van der Waals surface area contributed by atoms with E-state index in [1.165, 1.54) is 0 Å². The van der Waals surface area contributed by atoms with Crippen LogP contribution in [0.4, 0.5) is 4.79 Å². The monoisotopic (exact) mass is 308 g/mol. The Bertz CT molecular complexity index is 477. The lowest BCUT2D eigenvalue weighted by Gasteiger charge is -2.38. The lowest BCUT2D eigenvalue weighted by atomic mass is 9.78. The van der Waals surface area contributed by atoms with Gasteiger partial charge in [-0.1, -0.05) is 6.92 Å². The van der Waals surface area contributed by atoms with E-state index >= 15 is 0 Å². The Morgan fingerprint density at radius 3 is 2.55 bits per heavy atom. The largest absolute Gasteiger partial charge is 0.481 e. The number of rotatable bonds is 5. The van der Waals surface area contributed by atoms with Gasteiger partial charge in [0.1, 0.15) is 0 Å². The Morgan fingerprint density at radius 2 is 2.05 bits per heavy atom. The number of carbonyl (C=O) groups excluding carboxylic acids is 1. The number of nitrogens with one attached hydrogen (secondary N) is 1. The molecule has 1 heterocycles. The zero-order valence-corrected chi connectivity index (χ0v) is 12.4. The van der Waals surface area contributed by atoms with Gasteiger partial charge in [-0.15, -0.1) is 0 Å². The maximum absolute atomic E-state index is 12.0. The Labute approximate surface area is 118 Å². The highest BCUT2D eigenvalue weighted by Gasteiger charge is 2.44. The van der Waals surface area contributed by atoms with E-state index in [0.29, 0.717) is 19.3 Å². The van der Waals surface area contributed by atoms with Crippen molar-refractivity contribution in [2.24, 2.45) is 5.41 Å².